The van der Waals surface area contributed by atoms with Gasteiger partial charge in [0, 0.05) is 6.07 Å². The van der Waals surface area contributed by atoms with Gasteiger partial charge in [0.15, 0.2) is 23.5 Å². The number of fused-ring (bicyclic) bond motifs is 1. The molecule has 4 rings (SSSR count). The van der Waals surface area contributed by atoms with Crippen molar-refractivity contribution in [2.75, 3.05) is 20.8 Å². The molecule has 34 heavy (non-hydrogen) atoms. The number of carbonyl (C=O) groups excluding carboxylic acids is 1. The minimum atomic E-state index is -0.248. The molecule has 1 aromatic heterocycles. The lowest BCUT2D eigenvalue weighted by Gasteiger charge is -2.14. The summed E-state index contributed by atoms with van der Waals surface area (Å²) in [6.45, 7) is 1.75. The largest absolute Gasteiger partial charge is 0.493 e. The second-order valence-electron chi connectivity index (χ2n) is 7.69. The Kier molecular flexibility index (Phi) is 6.82. The van der Waals surface area contributed by atoms with Crippen molar-refractivity contribution < 1.29 is 23.4 Å². The van der Waals surface area contributed by atoms with Gasteiger partial charge in [0.05, 0.1) is 31.2 Å². The summed E-state index contributed by atoms with van der Waals surface area (Å²) in [4.78, 5) is 25.4. The summed E-state index contributed by atoms with van der Waals surface area (Å²) in [5, 5.41) is 3.30. The van der Waals surface area contributed by atoms with E-state index in [-0.39, 0.29) is 24.0 Å². The second-order valence-corrected chi connectivity index (χ2v) is 7.69. The smallest absolute Gasteiger partial charge is 0.258 e. The number of hydrogen-bond donors (Lipinski definition) is 1. The summed E-state index contributed by atoms with van der Waals surface area (Å²) in [7, 11) is 3.09. The number of benzene rings is 3. The van der Waals surface area contributed by atoms with Crippen molar-refractivity contribution in [1.82, 2.24) is 5.32 Å². The van der Waals surface area contributed by atoms with Gasteiger partial charge in [0.2, 0.25) is 0 Å². The standard InChI is InChI=1S/C27H25NO6/c1-17(18-7-5-4-6-8-18)28-26(29)16-33-20-10-11-21-24(14-20)34-15-22(27(21)30)19-9-12-23(31-2)25(13-19)32-3/h4-15,17H,16H2,1-3H3,(H,28,29)/t17-/m0/s1. The van der Waals surface area contributed by atoms with Crippen LogP contribution in [0.25, 0.3) is 22.1 Å². The summed E-state index contributed by atoms with van der Waals surface area (Å²) in [6.07, 6.45) is 1.41. The lowest BCUT2D eigenvalue weighted by atomic mass is 10.0. The maximum absolute atomic E-state index is 13.1. The molecule has 0 bridgehead atoms. The number of rotatable bonds is 8. The van der Waals surface area contributed by atoms with Crippen molar-refractivity contribution in [3.63, 3.8) is 0 Å². The lowest BCUT2D eigenvalue weighted by Crippen LogP contribution is -2.31. The molecule has 0 fully saturated rings. The number of ether oxygens (including phenoxy) is 3. The minimum absolute atomic E-state index is 0.137. The average Bonchev–Trinajstić information content (AvgIpc) is 2.87. The van der Waals surface area contributed by atoms with Gasteiger partial charge in [-0.1, -0.05) is 36.4 Å². The molecule has 0 radical (unpaired) electrons. The fourth-order valence-electron chi connectivity index (χ4n) is 3.66. The Balaban J connectivity index is 1.48. The Hall–Kier alpha value is -4.26. The highest BCUT2D eigenvalue weighted by molar-refractivity contribution is 5.83. The summed E-state index contributed by atoms with van der Waals surface area (Å²) in [6, 6.07) is 19.6. The van der Waals surface area contributed by atoms with Gasteiger partial charge in [0.25, 0.3) is 5.91 Å². The summed E-state index contributed by atoms with van der Waals surface area (Å²) in [5.41, 5.74) is 2.24. The maximum Gasteiger partial charge on any atom is 0.258 e. The Bertz CT molecular complexity index is 1360. The molecule has 0 spiro atoms. The molecule has 4 aromatic rings. The van der Waals surface area contributed by atoms with Crippen LogP contribution in [0.15, 0.2) is 82.2 Å². The van der Waals surface area contributed by atoms with Gasteiger partial charge >= 0.3 is 0 Å². The highest BCUT2D eigenvalue weighted by Gasteiger charge is 2.14. The van der Waals surface area contributed by atoms with Crippen molar-refractivity contribution in [2.24, 2.45) is 0 Å². The first-order chi connectivity index (χ1) is 16.5. The Morgan fingerprint density at radius 1 is 0.971 bits per heavy atom. The molecule has 0 aliphatic rings. The van der Waals surface area contributed by atoms with Crippen molar-refractivity contribution in [3.8, 4) is 28.4 Å². The van der Waals surface area contributed by atoms with Crippen LogP contribution in [0, 0.1) is 0 Å². The zero-order chi connectivity index (χ0) is 24.1. The second kappa shape index (κ2) is 10.1. The van der Waals surface area contributed by atoms with Crippen LogP contribution in [0.5, 0.6) is 17.2 Å². The first-order valence-corrected chi connectivity index (χ1v) is 10.7. The zero-order valence-corrected chi connectivity index (χ0v) is 19.2. The van der Waals surface area contributed by atoms with Gasteiger partial charge in [0.1, 0.15) is 17.6 Å². The van der Waals surface area contributed by atoms with Crippen LogP contribution < -0.4 is 25.0 Å². The third kappa shape index (κ3) is 4.88. The highest BCUT2D eigenvalue weighted by Crippen LogP contribution is 2.32. The van der Waals surface area contributed by atoms with E-state index >= 15 is 0 Å². The van der Waals surface area contributed by atoms with Crippen LogP contribution in [0.1, 0.15) is 18.5 Å². The highest BCUT2D eigenvalue weighted by atomic mass is 16.5. The monoisotopic (exact) mass is 459 g/mol. The molecule has 1 amide bonds. The van der Waals surface area contributed by atoms with E-state index in [1.54, 1.807) is 43.5 Å². The fraction of sp³-hybridized carbons (Fsp3) is 0.185. The molecule has 0 saturated carbocycles. The van der Waals surface area contributed by atoms with E-state index < -0.39 is 0 Å². The van der Waals surface area contributed by atoms with Gasteiger partial charge in [-0.15, -0.1) is 0 Å². The number of hydrogen-bond acceptors (Lipinski definition) is 6. The maximum atomic E-state index is 13.1. The van der Waals surface area contributed by atoms with Crippen molar-refractivity contribution >= 4 is 16.9 Å². The molecule has 1 heterocycles. The Morgan fingerprint density at radius 2 is 1.74 bits per heavy atom. The third-order valence-electron chi connectivity index (χ3n) is 5.49. The first kappa shape index (κ1) is 22.9. The van der Waals surface area contributed by atoms with Crippen LogP contribution in [0.2, 0.25) is 0 Å². The minimum Gasteiger partial charge on any atom is -0.493 e. The third-order valence-corrected chi connectivity index (χ3v) is 5.49. The van der Waals surface area contributed by atoms with Gasteiger partial charge in [-0.2, -0.15) is 0 Å². The van der Waals surface area contributed by atoms with Crippen LogP contribution in [-0.4, -0.2) is 26.7 Å². The van der Waals surface area contributed by atoms with Gasteiger partial charge in [-0.25, -0.2) is 0 Å². The summed E-state index contributed by atoms with van der Waals surface area (Å²) >= 11 is 0. The molecule has 0 saturated heterocycles. The van der Waals surface area contributed by atoms with Gasteiger partial charge < -0.3 is 23.9 Å². The van der Waals surface area contributed by atoms with E-state index in [0.29, 0.717) is 39.3 Å². The summed E-state index contributed by atoms with van der Waals surface area (Å²) in [5.74, 6) is 1.27. The van der Waals surface area contributed by atoms with E-state index in [0.717, 1.165) is 5.56 Å². The van der Waals surface area contributed by atoms with Gasteiger partial charge in [-0.05, 0) is 42.3 Å². The number of nitrogens with one attached hydrogen (secondary N) is 1. The molecular weight excluding hydrogens is 434 g/mol. The van der Waals surface area contributed by atoms with E-state index in [4.69, 9.17) is 18.6 Å². The Labute approximate surface area is 196 Å². The van der Waals surface area contributed by atoms with Crippen molar-refractivity contribution in [2.45, 2.75) is 13.0 Å². The quantitative estimate of drug-likeness (QED) is 0.410. The molecule has 3 aromatic carbocycles. The molecular formula is C27H25NO6. The van der Waals surface area contributed by atoms with E-state index in [9.17, 15) is 9.59 Å². The first-order valence-electron chi connectivity index (χ1n) is 10.7. The van der Waals surface area contributed by atoms with Crippen LogP contribution in [0.4, 0.5) is 0 Å². The predicted molar refractivity (Wildman–Crippen MR) is 130 cm³/mol. The molecule has 0 aliphatic heterocycles. The summed E-state index contributed by atoms with van der Waals surface area (Å²) < 4.78 is 21.9. The Morgan fingerprint density at radius 3 is 2.47 bits per heavy atom. The van der Waals surface area contributed by atoms with Crippen LogP contribution >= 0.6 is 0 Å². The van der Waals surface area contributed by atoms with E-state index in [2.05, 4.69) is 5.32 Å². The predicted octanol–water partition coefficient (Wildman–Crippen LogP) is 4.73. The number of carbonyl (C=O) groups is 1. The number of amides is 1. The van der Waals surface area contributed by atoms with Crippen LogP contribution in [-0.2, 0) is 4.79 Å². The van der Waals surface area contributed by atoms with E-state index in [1.165, 1.54) is 13.4 Å². The van der Waals surface area contributed by atoms with Crippen LogP contribution in [0.3, 0.4) is 0 Å². The molecule has 0 aliphatic carbocycles. The molecule has 7 heteroatoms. The van der Waals surface area contributed by atoms with Crippen molar-refractivity contribution in [1.29, 1.82) is 0 Å². The normalized spacial score (nSPS) is 11.6. The average molecular weight is 459 g/mol. The number of methoxy groups -OCH3 is 2. The molecule has 7 nitrogen and oxygen atoms in total. The van der Waals surface area contributed by atoms with Gasteiger partial charge in [-0.3, -0.25) is 9.59 Å². The van der Waals surface area contributed by atoms with Crippen molar-refractivity contribution in [3.05, 3.63) is 88.8 Å². The molecule has 1 N–H and O–H groups in total. The SMILES string of the molecule is COc1ccc(-c2coc3cc(OCC(=O)N[C@@H](C)c4ccccc4)ccc3c2=O)cc1OC. The zero-order valence-electron chi connectivity index (χ0n) is 19.2. The topological polar surface area (TPSA) is 87.0 Å². The fourth-order valence-corrected chi connectivity index (χ4v) is 3.66. The molecule has 1 atom stereocenters. The molecule has 174 valence electrons. The molecule has 0 unspecified atom stereocenters. The van der Waals surface area contributed by atoms with E-state index in [1.807, 2.05) is 37.3 Å². The lowest BCUT2D eigenvalue weighted by molar-refractivity contribution is -0.123.